The molecule has 0 atom stereocenters. The van der Waals surface area contributed by atoms with Crippen molar-refractivity contribution in [3.05, 3.63) is 35.0 Å². The molecule has 0 saturated carbocycles. The zero-order chi connectivity index (χ0) is 13.8. The van der Waals surface area contributed by atoms with Crippen LogP contribution in [0, 0.1) is 0 Å². The zero-order valence-corrected chi connectivity index (χ0v) is 11.4. The van der Waals surface area contributed by atoms with Crippen molar-refractivity contribution in [2.45, 2.75) is 6.61 Å². The van der Waals surface area contributed by atoms with E-state index in [2.05, 4.69) is 15.3 Å². The van der Waals surface area contributed by atoms with E-state index in [0.29, 0.717) is 18.2 Å². The van der Waals surface area contributed by atoms with Crippen molar-refractivity contribution >= 4 is 17.4 Å². The van der Waals surface area contributed by atoms with Crippen LogP contribution in [0.2, 0.25) is 5.02 Å². The van der Waals surface area contributed by atoms with Crippen molar-refractivity contribution in [2.24, 2.45) is 0 Å². The van der Waals surface area contributed by atoms with E-state index in [4.69, 9.17) is 16.3 Å². The lowest BCUT2D eigenvalue weighted by Crippen LogP contribution is -2.01. The maximum Gasteiger partial charge on any atom is 0.161 e. The van der Waals surface area contributed by atoms with Crippen LogP contribution in [0.3, 0.4) is 0 Å². The number of halogens is 1. The number of benzene rings is 1. The third kappa shape index (κ3) is 3.13. The second kappa shape index (κ2) is 5.86. The Bertz CT molecular complexity index is 590. The summed E-state index contributed by atoms with van der Waals surface area (Å²) in [6.07, 6.45) is 0. The molecule has 1 aromatic carbocycles. The number of rotatable bonds is 4. The second-order valence-electron chi connectivity index (χ2n) is 3.92. The normalized spacial score (nSPS) is 10.5. The first kappa shape index (κ1) is 13.6. The molecule has 6 heteroatoms. The molecule has 5 nitrogen and oxygen atoms in total. The van der Waals surface area contributed by atoms with E-state index >= 15 is 0 Å². The Morgan fingerprint density at radius 3 is 2.74 bits per heavy atom. The Labute approximate surface area is 116 Å². The molecule has 0 spiro atoms. The fourth-order valence-corrected chi connectivity index (χ4v) is 1.80. The number of hydrogen-bond donors (Lipinski definition) is 2. The van der Waals surface area contributed by atoms with Crippen LogP contribution in [0.1, 0.15) is 5.69 Å². The molecule has 2 rings (SSSR count). The van der Waals surface area contributed by atoms with Gasteiger partial charge >= 0.3 is 0 Å². The molecule has 0 aliphatic rings. The van der Waals surface area contributed by atoms with Gasteiger partial charge in [0.2, 0.25) is 0 Å². The molecule has 2 aromatic rings. The quantitative estimate of drug-likeness (QED) is 0.901. The molecule has 0 saturated heterocycles. The molecule has 2 N–H and O–H groups in total. The fourth-order valence-electron chi connectivity index (χ4n) is 1.62. The summed E-state index contributed by atoms with van der Waals surface area (Å²) in [5.41, 5.74) is 1.50. The molecule has 0 radical (unpaired) electrons. The molecular formula is C13H14ClN3O2. The van der Waals surface area contributed by atoms with Gasteiger partial charge in [-0.25, -0.2) is 9.97 Å². The molecule has 0 aliphatic carbocycles. The predicted molar refractivity (Wildman–Crippen MR) is 74.4 cm³/mol. The summed E-state index contributed by atoms with van der Waals surface area (Å²) >= 11 is 5.89. The fraction of sp³-hybridized carbons (Fsp3) is 0.231. The highest BCUT2D eigenvalue weighted by Crippen LogP contribution is 2.28. The van der Waals surface area contributed by atoms with Crippen molar-refractivity contribution in [1.82, 2.24) is 9.97 Å². The van der Waals surface area contributed by atoms with Gasteiger partial charge in [0.1, 0.15) is 11.6 Å². The summed E-state index contributed by atoms with van der Waals surface area (Å²) in [7, 11) is 3.39. The highest BCUT2D eigenvalue weighted by atomic mass is 35.5. The van der Waals surface area contributed by atoms with Crippen LogP contribution in [0.15, 0.2) is 24.3 Å². The largest absolute Gasteiger partial charge is 0.506 e. The van der Waals surface area contributed by atoms with Gasteiger partial charge in [-0.1, -0.05) is 11.6 Å². The Morgan fingerprint density at radius 1 is 1.32 bits per heavy atom. The van der Waals surface area contributed by atoms with Crippen molar-refractivity contribution in [3.8, 4) is 17.1 Å². The van der Waals surface area contributed by atoms with Gasteiger partial charge in [-0.15, -0.1) is 0 Å². The summed E-state index contributed by atoms with van der Waals surface area (Å²) in [5.74, 6) is 1.26. The third-order valence-corrected chi connectivity index (χ3v) is 2.84. The van der Waals surface area contributed by atoms with E-state index in [1.54, 1.807) is 26.3 Å². The maximum absolute atomic E-state index is 9.43. The van der Waals surface area contributed by atoms with Gasteiger partial charge in [0, 0.05) is 25.8 Å². The van der Waals surface area contributed by atoms with Gasteiger partial charge < -0.3 is 15.2 Å². The Hall–Kier alpha value is -1.85. The first-order valence-corrected chi connectivity index (χ1v) is 6.05. The van der Waals surface area contributed by atoms with Crippen molar-refractivity contribution in [3.63, 3.8) is 0 Å². The molecule has 0 aliphatic heterocycles. The van der Waals surface area contributed by atoms with E-state index in [0.717, 1.165) is 11.3 Å². The Morgan fingerprint density at radius 2 is 2.11 bits per heavy atom. The number of phenols is 1. The summed E-state index contributed by atoms with van der Waals surface area (Å²) in [6, 6.07) is 6.67. The topological polar surface area (TPSA) is 67.3 Å². The lowest BCUT2D eigenvalue weighted by molar-refractivity contribution is 0.181. The summed E-state index contributed by atoms with van der Waals surface area (Å²) in [5, 5.41) is 12.7. The molecule has 1 aromatic heterocycles. The van der Waals surface area contributed by atoms with Gasteiger partial charge in [-0.2, -0.15) is 0 Å². The van der Waals surface area contributed by atoms with E-state index < -0.39 is 0 Å². The maximum atomic E-state index is 9.43. The van der Waals surface area contributed by atoms with Gasteiger partial charge in [-0.3, -0.25) is 0 Å². The minimum Gasteiger partial charge on any atom is -0.506 e. The molecule has 0 amide bonds. The molecule has 100 valence electrons. The van der Waals surface area contributed by atoms with Crippen LogP contribution < -0.4 is 5.32 Å². The lowest BCUT2D eigenvalue weighted by atomic mass is 10.2. The number of ether oxygens (including phenoxy) is 1. The lowest BCUT2D eigenvalue weighted by Gasteiger charge is -2.08. The number of methoxy groups -OCH3 is 1. The van der Waals surface area contributed by atoms with Crippen LogP contribution in [-0.2, 0) is 11.3 Å². The summed E-state index contributed by atoms with van der Waals surface area (Å²) in [6.45, 7) is 0.399. The molecule has 0 unspecified atom stereocenters. The van der Waals surface area contributed by atoms with Crippen molar-refractivity contribution in [1.29, 1.82) is 0 Å². The summed E-state index contributed by atoms with van der Waals surface area (Å²) in [4.78, 5) is 8.75. The Balaban J connectivity index is 2.47. The first-order chi connectivity index (χ1) is 9.13. The van der Waals surface area contributed by atoms with E-state index in [1.807, 2.05) is 6.07 Å². The average molecular weight is 280 g/mol. The Kier molecular flexibility index (Phi) is 4.19. The monoisotopic (exact) mass is 279 g/mol. The second-order valence-corrected chi connectivity index (χ2v) is 4.32. The standard InChI is InChI=1S/C13H14ClN3O2/c1-15-12-6-9(7-19-2)16-13(17-12)8-3-4-11(18)10(14)5-8/h3-6,18H,7H2,1-2H3,(H,15,16,17). The molecule has 0 fully saturated rings. The van der Waals surface area contributed by atoms with Gasteiger partial charge in [0.05, 0.1) is 17.3 Å². The number of phenolic OH excluding ortho intramolecular Hbond substituents is 1. The van der Waals surface area contributed by atoms with E-state index in [-0.39, 0.29) is 10.8 Å². The average Bonchev–Trinajstić information content (AvgIpc) is 2.42. The number of nitrogens with zero attached hydrogens (tertiary/aromatic N) is 2. The molecule has 0 bridgehead atoms. The predicted octanol–water partition coefficient (Wildman–Crippen LogP) is 2.69. The van der Waals surface area contributed by atoms with E-state index in [9.17, 15) is 5.11 Å². The number of nitrogens with one attached hydrogen (secondary N) is 1. The third-order valence-electron chi connectivity index (χ3n) is 2.53. The molecule has 19 heavy (non-hydrogen) atoms. The van der Waals surface area contributed by atoms with Crippen LogP contribution in [0.25, 0.3) is 11.4 Å². The van der Waals surface area contributed by atoms with Gasteiger partial charge in [0.25, 0.3) is 0 Å². The molecule has 1 heterocycles. The van der Waals surface area contributed by atoms with Crippen LogP contribution >= 0.6 is 11.6 Å². The van der Waals surface area contributed by atoms with Crippen LogP contribution in [0.4, 0.5) is 5.82 Å². The first-order valence-electron chi connectivity index (χ1n) is 5.67. The zero-order valence-electron chi connectivity index (χ0n) is 10.6. The minimum atomic E-state index is 0.0345. The van der Waals surface area contributed by atoms with Gasteiger partial charge in [-0.05, 0) is 18.2 Å². The number of aromatic nitrogens is 2. The minimum absolute atomic E-state index is 0.0345. The highest BCUT2D eigenvalue weighted by Gasteiger charge is 2.08. The van der Waals surface area contributed by atoms with Crippen molar-refractivity contribution < 1.29 is 9.84 Å². The van der Waals surface area contributed by atoms with E-state index in [1.165, 1.54) is 6.07 Å². The van der Waals surface area contributed by atoms with Crippen molar-refractivity contribution in [2.75, 3.05) is 19.5 Å². The number of aromatic hydroxyl groups is 1. The van der Waals surface area contributed by atoms with Crippen LogP contribution in [0.5, 0.6) is 5.75 Å². The molecular weight excluding hydrogens is 266 g/mol. The van der Waals surface area contributed by atoms with Crippen LogP contribution in [-0.4, -0.2) is 29.2 Å². The number of anilines is 1. The number of hydrogen-bond acceptors (Lipinski definition) is 5. The SMILES string of the molecule is CNc1cc(COC)nc(-c2ccc(O)c(Cl)c2)n1. The smallest absolute Gasteiger partial charge is 0.161 e. The summed E-state index contributed by atoms with van der Waals surface area (Å²) < 4.78 is 5.08. The highest BCUT2D eigenvalue weighted by molar-refractivity contribution is 6.32. The van der Waals surface area contributed by atoms with Gasteiger partial charge in [0.15, 0.2) is 5.82 Å².